The lowest BCUT2D eigenvalue weighted by Crippen LogP contribution is -2.39. The van der Waals surface area contributed by atoms with Crippen molar-refractivity contribution in [3.8, 4) is 11.5 Å². The zero-order valence-corrected chi connectivity index (χ0v) is 16.5. The minimum absolute atomic E-state index is 0.0455. The zero-order valence-electron chi connectivity index (χ0n) is 15.7. The topological polar surface area (TPSA) is 67.8 Å². The predicted molar refractivity (Wildman–Crippen MR) is 103 cm³/mol. The quantitative estimate of drug-likeness (QED) is 0.772. The van der Waals surface area contributed by atoms with Crippen molar-refractivity contribution >= 4 is 28.3 Å². The standard InChI is InChI=1S/C18H24N4O3S/c1-11(2)16-19-18(26-20-16)21(3)15-6-7-22(17(15)23)12-8-13(24-4)10-14(9-12)25-5/h8-11,15H,6-7H2,1-5H3. The minimum Gasteiger partial charge on any atom is -0.497 e. The highest BCUT2D eigenvalue weighted by Crippen LogP contribution is 2.33. The van der Waals surface area contributed by atoms with Crippen LogP contribution in [-0.2, 0) is 4.79 Å². The van der Waals surface area contributed by atoms with E-state index in [1.54, 1.807) is 25.2 Å². The number of methoxy groups -OCH3 is 2. The van der Waals surface area contributed by atoms with Crippen molar-refractivity contribution in [1.29, 1.82) is 0 Å². The fourth-order valence-corrected chi connectivity index (χ4v) is 3.78. The van der Waals surface area contributed by atoms with Crippen molar-refractivity contribution in [2.75, 3.05) is 37.6 Å². The normalized spacial score (nSPS) is 17.1. The molecule has 1 unspecified atom stereocenters. The Balaban J connectivity index is 1.81. The Hall–Kier alpha value is -2.35. The van der Waals surface area contributed by atoms with Gasteiger partial charge in [0.1, 0.15) is 23.4 Å². The van der Waals surface area contributed by atoms with E-state index in [-0.39, 0.29) is 17.9 Å². The van der Waals surface area contributed by atoms with Crippen LogP contribution in [0.25, 0.3) is 0 Å². The predicted octanol–water partition coefficient (Wildman–Crippen LogP) is 2.92. The third kappa shape index (κ3) is 3.46. The lowest BCUT2D eigenvalue weighted by Gasteiger charge is -2.23. The smallest absolute Gasteiger partial charge is 0.249 e. The molecule has 1 aromatic heterocycles. The second-order valence-electron chi connectivity index (χ2n) is 6.57. The molecule has 140 valence electrons. The summed E-state index contributed by atoms with van der Waals surface area (Å²) in [4.78, 5) is 21.3. The number of carbonyl (C=O) groups excluding carboxylic acids is 1. The summed E-state index contributed by atoms with van der Waals surface area (Å²) in [6.45, 7) is 4.76. The van der Waals surface area contributed by atoms with Crippen LogP contribution in [0.5, 0.6) is 11.5 Å². The van der Waals surface area contributed by atoms with Crippen LogP contribution in [0.2, 0.25) is 0 Å². The molecule has 0 aliphatic carbocycles. The number of likely N-dealkylation sites (N-methyl/N-ethyl adjacent to an activating group) is 1. The summed E-state index contributed by atoms with van der Waals surface area (Å²) < 4.78 is 15.0. The average Bonchev–Trinajstić information content (AvgIpc) is 3.28. The molecule has 3 rings (SSSR count). The molecule has 1 aliphatic heterocycles. The Morgan fingerprint density at radius 2 is 1.88 bits per heavy atom. The number of rotatable bonds is 6. The molecule has 0 bridgehead atoms. The fraction of sp³-hybridized carbons (Fsp3) is 0.500. The molecule has 26 heavy (non-hydrogen) atoms. The van der Waals surface area contributed by atoms with Crippen LogP contribution in [0.3, 0.4) is 0 Å². The average molecular weight is 376 g/mol. The van der Waals surface area contributed by atoms with Crippen molar-refractivity contribution in [1.82, 2.24) is 9.36 Å². The van der Waals surface area contributed by atoms with Gasteiger partial charge in [0.15, 0.2) is 0 Å². The molecular weight excluding hydrogens is 352 g/mol. The van der Waals surface area contributed by atoms with Crippen LogP contribution in [0.4, 0.5) is 10.8 Å². The first-order chi connectivity index (χ1) is 12.4. The van der Waals surface area contributed by atoms with E-state index in [9.17, 15) is 4.79 Å². The van der Waals surface area contributed by atoms with E-state index in [2.05, 4.69) is 23.2 Å². The zero-order chi connectivity index (χ0) is 18.8. The molecule has 1 aromatic carbocycles. The molecule has 7 nitrogen and oxygen atoms in total. The first-order valence-electron chi connectivity index (χ1n) is 8.55. The van der Waals surface area contributed by atoms with Gasteiger partial charge in [0.2, 0.25) is 11.0 Å². The summed E-state index contributed by atoms with van der Waals surface area (Å²) in [5, 5.41) is 0.775. The van der Waals surface area contributed by atoms with Gasteiger partial charge in [0.25, 0.3) is 0 Å². The lowest BCUT2D eigenvalue weighted by atomic mass is 10.2. The second kappa shape index (κ2) is 7.49. The van der Waals surface area contributed by atoms with E-state index >= 15 is 0 Å². The van der Waals surface area contributed by atoms with Gasteiger partial charge in [0, 0.05) is 49.2 Å². The van der Waals surface area contributed by atoms with E-state index in [0.717, 1.165) is 23.1 Å². The SMILES string of the molecule is COc1cc(OC)cc(N2CCC(N(C)c3nc(C(C)C)ns3)C2=O)c1. The number of nitrogens with zero attached hydrogens (tertiary/aromatic N) is 4. The number of carbonyl (C=O) groups is 1. The summed E-state index contributed by atoms with van der Waals surface area (Å²) in [6.07, 6.45) is 0.728. The Morgan fingerprint density at radius 3 is 2.42 bits per heavy atom. The molecule has 0 radical (unpaired) electrons. The maximum Gasteiger partial charge on any atom is 0.249 e. The van der Waals surface area contributed by atoms with Crippen molar-refractivity contribution < 1.29 is 14.3 Å². The van der Waals surface area contributed by atoms with Crippen LogP contribution < -0.4 is 19.3 Å². The first-order valence-corrected chi connectivity index (χ1v) is 9.32. The molecule has 2 aromatic rings. The highest BCUT2D eigenvalue weighted by Gasteiger charge is 2.37. The van der Waals surface area contributed by atoms with Crippen molar-refractivity contribution in [2.24, 2.45) is 0 Å². The van der Waals surface area contributed by atoms with Gasteiger partial charge in [-0.2, -0.15) is 4.37 Å². The molecule has 8 heteroatoms. The molecule has 0 saturated carbocycles. The molecular formula is C18H24N4O3S. The van der Waals surface area contributed by atoms with E-state index in [1.807, 2.05) is 24.1 Å². The Bertz CT molecular complexity index is 770. The largest absolute Gasteiger partial charge is 0.497 e. The van der Waals surface area contributed by atoms with Gasteiger partial charge in [-0.05, 0) is 6.42 Å². The molecule has 1 saturated heterocycles. The number of amides is 1. The summed E-state index contributed by atoms with van der Waals surface area (Å²) >= 11 is 1.34. The van der Waals surface area contributed by atoms with E-state index in [0.29, 0.717) is 18.0 Å². The molecule has 0 spiro atoms. The Morgan fingerprint density at radius 1 is 1.23 bits per heavy atom. The maximum atomic E-state index is 13.0. The maximum absolute atomic E-state index is 13.0. The molecule has 1 aliphatic rings. The van der Waals surface area contributed by atoms with Gasteiger partial charge in [-0.25, -0.2) is 4.98 Å². The van der Waals surface area contributed by atoms with Gasteiger partial charge in [-0.1, -0.05) is 13.8 Å². The third-order valence-corrected chi connectivity index (χ3v) is 5.36. The minimum atomic E-state index is -0.250. The number of hydrogen-bond donors (Lipinski definition) is 0. The summed E-state index contributed by atoms with van der Waals surface area (Å²) in [7, 11) is 5.11. The fourth-order valence-electron chi connectivity index (χ4n) is 2.97. The first kappa shape index (κ1) is 18.4. The van der Waals surface area contributed by atoms with Crippen LogP contribution in [-0.4, -0.2) is 49.1 Å². The molecule has 2 heterocycles. The Labute approximate surface area is 157 Å². The van der Waals surface area contributed by atoms with E-state index < -0.39 is 0 Å². The van der Waals surface area contributed by atoms with Gasteiger partial charge in [-0.15, -0.1) is 0 Å². The second-order valence-corrected chi connectivity index (χ2v) is 7.30. The van der Waals surface area contributed by atoms with Crippen LogP contribution in [0, 0.1) is 0 Å². The van der Waals surface area contributed by atoms with Crippen molar-refractivity contribution in [3.63, 3.8) is 0 Å². The summed E-state index contributed by atoms with van der Waals surface area (Å²) in [6, 6.07) is 5.25. The van der Waals surface area contributed by atoms with E-state index in [4.69, 9.17) is 9.47 Å². The third-order valence-electron chi connectivity index (χ3n) is 4.54. The van der Waals surface area contributed by atoms with Gasteiger partial charge in [0.05, 0.1) is 19.9 Å². The molecule has 1 fully saturated rings. The van der Waals surface area contributed by atoms with Crippen LogP contribution >= 0.6 is 11.5 Å². The van der Waals surface area contributed by atoms with E-state index in [1.165, 1.54) is 11.5 Å². The van der Waals surface area contributed by atoms with Gasteiger partial charge < -0.3 is 19.3 Å². The highest BCUT2D eigenvalue weighted by atomic mass is 32.1. The van der Waals surface area contributed by atoms with Gasteiger partial charge in [-0.3, -0.25) is 4.79 Å². The number of ether oxygens (including phenoxy) is 2. The molecule has 1 atom stereocenters. The number of anilines is 2. The summed E-state index contributed by atoms with van der Waals surface area (Å²) in [5.74, 6) is 2.46. The highest BCUT2D eigenvalue weighted by molar-refractivity contribution is 7.09. The lowest BCUT2D eigenvalue weighted by molar-refractivity contribution is -0.118. The van der Waals surface area contributed by atoms with Crippen molar-refractivity contribution in [2.45, 2.75) is 32.2 Å². The summed E-state index contributed by atoms with van der Waals surface area (Å²) in [5.41, 5.74) is 0.780. The molecule has 0 N–H and O–H groups in total. The monoisotopic (exact) mass is 376 g/mol. The number of aromatic nitrogens is 2. The van der Waals surface area contributed by atoms with Gasteiger partial charge >= 0.3 is 0 Å². The Kier molecular flexibility index (Phi) is 5.31. The van der Waals surface area contributed by atoms with Crippen LogP contribution in [0.1, 0.15) is 32.0 Å². The number of benzene rings is 1. The number of hydrogen-bond acceptors (Lipinski definition) is 7. The molecule has 1 amide bonds. The van der Waals surface area contributed by atoms with Crippen LogP contribution in [0.15, 0.2) is 18.2 Å². The van der Waals surface area contributed by atoms with Crippen molar-refractivity contribution in [3.05, 3.63) is 24.0 Å².